The minimum atomic E-state index is -0.132. The van der Waals surface area contributed by atoms with Crippen LogP contribution < -0.4 is 16.0 Å². The molecular formula is C21H32ClN5O2. The molecule has 3 N–H and O–H groups in total. The Bertz CT molecular complexity index is 678. The summed E-state index contributed by atoms with van der Waals surface area (Å²) in [6.45, 7) is 6.09. The zero-order valence-corrected chi connectivity index (χ0v) is 17.9. The van der Waals surface area contributed by atoms with Crippen LogP contribution in [0.2, 0.25) is 5.02 Å². The maximum Gasteiger partial charge on any atom is 0.251 e. The summed E-state index contributed by atoms with van der Waals surface area (Å²) < 4.78 is 0. The van der Waals surface area contributed by atoms with Gasteiger partial charge in [-0.15, -0.1) is 0 Å². The number of aliphatic imine (C=N–C) groups is 1. The zero-order valence-electron chi connectivity index (χ0n) is 17.2. The zero-order chi connectivity index (χ0) is 20.9. The molecule has 2 rings (SSSR count). The number of halogens is 1. The van der Waals surface area contributed by atoms with Crippen molar-refractivity contribution in [3.63, 3.8) is 0 Å². The van der Waals surface area contributed by atoms with Gasteiger partial charge in [0.2, 0.25) is 5.91 Å². The first kappa shape index (κ1) is 23.0. The third kappa shape index (κ3) is 8.73. The lowest BCUT2D eigenvalue weighted by Crippen LogP contribution is -2.41. The predicted octanol–water partition coefficient (Wildman–Crippen LogP) is 2.42. The van der Waals surface area contributed by atoms with Crippen molar-refractivity contribution in [2.75, 3.05) is 39.3 Å². The van der Waals surface area contributed by atoms with Crippen molar-refractivity contribution < 1.29 is 9.59 Å². The molecule has 0 aliphatic carbocycles. The van der Waals surface area contributed by atoms with E-state index >= 15 is 0 Å². The van der Waals surface area contributed by atoms with Gasteiger partial charge in [-0.3, -0.25) is 14.6 Å². The molecule has 1 aliphatic rings. The number of hydrogen-bond acceptors (Lipinski definition) is 3. The maximum atomic E-state index is 12.1. The van der Waals surface area contributed by atoms with Crippen molar-refractivity contribution in [1.82, 2.24) is 20.9 Å². The van der Waals surface area contributed by atoms with Crippen LogP contribution in [0.4, 0.5) is 0 Å². The Morgan fingerprint density at radius 2 is 1.86 bits per heavy atom. The molecule has 1 heterocycles. The number of nitrogens with one attached hydrogen (secondary N) is 3. The topological polar surface area (TPSA) is 85.8 Å². The number of carbonyl (C=O) groups excluding carboxylic acids is 2. The van der Waals surface area contributed by atoms with Gasteiger partial charge in [0.25, 0.3) is 5.91 Å². The molecule has 0 radical (unpaired) electrons. The van der Waals surface area contributed by atoms with Crippen LogP contribution in [0.1, 0.15) is 49.4 Å². The normalized spacial score (nSPS) is 15.0. The Hall–Kier alpha value is -2.28. The van der Waals surface area contributed by atoms with Gasteiger partial charge in [0.15, 0.2) is 5.96 Å². The summed E-state index contributed by atoms with van der Waals surface area (Å²) >= 11 is 5.84. The highest BCUT2D eigenvalue weighted by atomic mass is 35.5. The second kappa shape index (κ2) is 13.0. The van der Waals surface area contributed by atoms with Crippen molar-refractivity contribution in [2.45, 2.75) is 39.0 Å². The summed E-state index contributed by atoms with van der Waals surface area (Å²) in [5.74, 6) is 0.857. The number of rotatable bonds is 9. The molecule has 160 valence electrons. The van der Waals surface area contributed by atoms with E-state index in [0.717, 1.165) is 51.3 Å². The van der Waals surface area contributed by atoms with Crippen LogP contribution in [0.25, 0.3) is 0 Å². The van der Waals surface area contributed by atoms with Gasteiger partial charge in [-0.25, -0.2) is 0 Å². The minimum absolute atomic E-state index is 0.132. The molecule has 7 nitrogen and oxygen atoms in total. The molecule has 0 atom stereocenters. The van der Waals surface area contributed by atoms with Gasteiger partial charge in [0.1, 0.15) is 0 Å². The van der Waals surface area contributed by atoms with Gasteiger partial charge in [-0.2, -0.15) is 0 Å². The molecule has 2 amide bonds. The molecular weight excluding hydrogens is 390 g/mol. The van der Waals surface area contributed by atoms with Crippen LogP contribution in [0.5, 0.6) is 0 Å². The van der Waals surface area contributed by atoms with Crippen LogP contribution in [0, 0.1) is 0 Å². The highest BCUT2D eigenvalue weighted by molar-refractivity contribution is 6.30. The van der Waals surface area contributed by atoms with E-state index < -0.39 is 0 Å². The smallest absolute Gasteiger partial charge is 0.251 e. The summed E-state index contributed by atoms with van der Waals surface area (Å²) in [5.41, 5.74) is 0.582. The molecule has 8 heteroatoms. The van der Waals surface area contributed by atoms with E-state index in [1.165, 1.54) is 0 Å². The van der Waals surface area contributed by atoms with Crippen LogP contribution in [-0.4, -0.2) is 61.9 Å². The van der Waals surface area contributed by atoms with E-state index in [1.54, 1.807) is 24.3 Å². The van der Waals surface area contributed by atoms with Crippen LogP contribution >= 0.6 is 11.6 Å². The lowest BCUT2D eigenvalue weighted by molar-refractivity contribution is -0.130. The molecule has 1 aliphatic heterocycles. The summed E-state index contributed by atoms with van der Waals surface area (Å²) in [6, 6.07) is 6.80. The fraction of sp³-hybridized carbons (Fsp3) is 0.571. The molecule has 1 fully saturated rings. The van der Waals surface area contributed by atoms with E-state index in [9.17, 15) is 9.59 Å². The standard InChI is InChI=1S/C21H32ClN5O2/c1-2-23-21(25-12-6-16-27-15-5-3-4-7-19(27)28)26-14-13-24-20(29)17-8-10-18(22)11-9-17/h8-11H,2-7,12-16H2,1H3,(H,24,29)(H2,23,25,26). The first-order valence-corrected chi connectivity index (χ1v) is 10.8. The highest BCUT2D eigenvalue weighted by Gasteiger charge is 2.15. The molecule has 0 spiro atoms. The third-order valence-electron chi connectivity index (χ3n) is 4.68. The molecule has 1 aromatic rings. The number of amides is 2. The van der Waals surface area contributed by atoms with Crippen molar-refractivity contribution in [3.05, 3.63) is 34.9 Å². The largest absolute Gasteiger partial charge is 0.357 e. The van der Waals surface area contributed by atoms with Gasteiger partial charge in [0, 0.05) is 56.3 Å². The third-order valence-corrected chi connectivity index (χ3v) is 4.93. The number of carbonyl (C=O) groups is 2. The molecule has 1 saturated heterocycles. The second-order valence-corrected chi connectivity index (χ2v) is 7.43. The monoisotopic (exact) mass is 421 g/mol. The maximum absolute atomic E-state index is 12.1. The number of hydrogen-bond donors (Lipinski definition) is 3. The van der Waals surface area contributed by atoms with E-state index in [1.807, 2.05) is 11.8 Å². The molecule has 0 bridgehead atoms. The van der Waals surface area contributed by atoms with Gasteiger partial charge >= 0.3 is 0 Å². The van der Waals surface area contributed by atoms with E-state index in [2.05, 4.69) is 20.9 Å². The highest BCUT2D eigenvalue weighted by Crippen LogP contribution is 2.11. The van der Waals surface area contributed by atoms with Gasteiger partial charge in [0.05, 0.1) is 0 Å². The Labute approximate surface area is 178 Å². The van der Waals surface area contributed by atoms with Crippen LogP contribution in [-0.2, 0) is 4.79 Å². The van der Waals surface area contributed by atoms with Gasteiger partial charge in [-0.1, -0.05) is 18.0 Å². The van der Waals surface area contributed by atoms with Crippen molar-refractivity contribution in [3.8, 4) is 0 Å². The Balaban J connectivity index is 1.68. The first-order valence-electron chi connectivity index (χ1n) is 10.4. The first-order chi connectivity index (χ1) is 14.1. The number of likely N-dealkylation sites (tertiary alicyclic amines) is 1. The van der Waals surface area contributed by atoms with Crippen LogP contribution in [0.15, 0.2) is 29.3 Å². The SMILES string of the molecule is CCNC(=NCCCN1CCCCCC1=O)NCCNC(=O)c1ccc(Cl)cc1. The summed E-state index contributed by atoms with van der Waals surface area (Å²) in [7, 11) is 0. The number of nitrogens with zero attached hydrogens (tertiary/aromatic N) is 2. The van der Waals surface area contributed by atoms with Gasteiger partial charge in [-0.05, 0) is 50.5 Å². The lowest BCUT2D eigenvalue weighted by Gasteiger charge is -2.20. The summed E-state index contributed by atoms with van der Waals surface area (Å²) in [4.78, 5) is 30.6. The molecule has 0 unspecified atom stereocenters. The number of benzene rings is 1. The summed E-state index contributed by atoms with van der Waals surface area (Å²) in [6.07, 6.45) is 4.77. The Morgan fingerprint density at radius 1 is 1.10 bits per heavy atom. The molecule has 0 saturated carbocycles. The molecule has 29 heavy (non-hydrogen) atoms. The van der Waals surface area contributed by atoms with Crippen molar-refractivity contribution in [1.29, 1.82) is 0 Å². The minimum Gasteiger partial charge on any atom is -0.357 e. The fourth-order valence-electron chi connectivity index (χ4n) is 3.13. The Kier molecular flexibility index (Phi) is 10.3. The number of guanidine groups is 1. The van der Waals surface area contributed by atoms with Crippen molar-refractivity contribution in [2.24, 2.45) is 4.99 Å². The summed E-state index contributed by atoms with van der Waals surface area (Å²) in [5, 5.41) is 9.89. The molecule has 1 aromatic carbocycles. The van der Waals surface area contributed by atoms with E-state index in [-0.39, 0.29) is 11.8 Å². The predicted molar refractivity (Wildman–Crippen MR) is 117 cm³/mol. The average Bonchev–Trinajstić information content (AvgIpc) is 2.92. The van der Waals surface area contributed by atoms with E-state index in [0.29, 0.717) is 36.6 Å². The average molecular weight is 422 g/mol. The Morgan fingerprint density at radius 3 is 2.62 bits per heavy atom. The van der Waals surface area contributed by atoms with Gasteiger partial charge < -0.3 is 20.9 Å². The lowest BCUT2D eigenvalue weighted by atomic mass is 10.2. The second-order valence-electron chi connectivity index (χ2n) is 7.00. The van der Waals surface area contributed by atoms with Crippen molar-refractivity contribution >= 4 is 29.4 Å². The molecule has 0 aromatic heterocycles. The fourth-order valence-corrected chi connectivity index (χ4v) is 3.26. The van der Waals surface area contributed by atoms with E-state index in [4.69, 9.17) is 11.6 Å². The van der Waals surface area contributed by atoms with Crippen LogP contribution in [0.3, 0.4) is 0 Å². The quantitative estimate of drug-likeness (QED) is 0.324.